The van der Waals surface area contributed by atoms with Crippen molar-refractivity contribution in [3.63, 3.8) is 0 Å². The van der Waals surface area contributed by atoms with E-state index in [-0.39, 0.29) is 40.9 Å². The van der Waals surface area contributed by atoms with Crippen molar-refractivity contribution in [2.24, 2.45) is 5.92 Å². The molecule has 5 atom stereocenters. The van der Waals surface area contributed by atoms with Gasteiger partial charge in [0.25, 0.3) is 0 Å². The number of aliphatic hydroxyl groups excluding tert-OH is 1. The van der Waals surface area contributed by atoms with Gasteiger partial charge in [0.05, 0.1) is 18.8 Å². The van der Waals surface area contributed by atoms with Gasteiger partial charge in [0.1, 0.15) is 6.10 Å². The molecule has 178 valence electrons. The van der Waals surface area contributed by atoms with Crippen LogP contribution in [0.4, 0.5) is 0 Å². The quantitative estimate of drug-likeness (QED) is 0.371. The molecule has 0 aromatic rings. The van der Waals surface area contributed by atoms with Crippen LogP contribution < -0.4 is 0 Å². The molecule has 5 nitrogen and oxygen atoms in total. The van der Waals surface area contributed by atoms with Crippen LogP contribution in [0.15, 0.2) is 12.2 Å². The molecular formula is C23H48O5Si2. The number of rotatable bonds is 8. The van der Waals surface area contributed by atoms with Crippen LogP contribution in [0.5, 0.6) is 0 Å². The minimum atomic E-state index is -2.02. The predicted molar refractivity (Wildman–Crippen MR) is 130 cm³/mol. The van der Waals surface area contributed by atoms with E-state index in [1.54, 1.807) is 13.2 Å². The van der Waals surface area contributed by atoms with Gasteiger partial charge in [-0.25, -0.2) is 0 Å². The summed E-state index contributed by atoms with van der Waals surface area (Å²) in [7, 11) is -2.35. The van der Waals surface area contributed by atoms with Crippen LogP contribution in [0.1, 0.15) is 54.9 Å². The minimum absolute atomic E-state index is 0.0286. The zero-order chi connectivity index (χ0) is 23.5. The van der Waals surface area contributed by atoms with E-state index in [9.17, 15) is 0 Å². The number of aliphatic hydroxyl groups is 1. The number of hydrogen-bond donors (Lipinski definition) is 1. The first-order valence-corrected chi connectivity index (χ1v) is 17.1. The Morgan fingerprint density at radius 1 is 0.867 bits per heavy atom. The molecule has 0 aromatic carbocycles. The molecule has 1 rings (SSSR count). The molecule has 1 aliphatic heterocycles. The fourth-order valence-corrected chi connectivity index (χ4v) is 5.92. The van der Waals surface area contributed by atoms with E-state index in [1.165, 1.54) is 0 Å². The molecule has 0 saturated carbocycles. The highest BCUT2D eigenvalue weighted by molar-refractivity contribution is 6.74. The highest BCUT2D eigenvalue weighted by atomic mass is 28.4. The third-order valence-corrected chi connectivity index (χ3v) is 16.3. The summed E-state index contributed by atoms with van der Waals surface area (Å²) in [5, 5.41) is 9.36. The molecule has 0 radical (unpaired) electrons. The molecule has 1 aliphatic rings. The Morgan fingerprint density at radius 2 is 1.33 bits per heavy atom. The summed E-state index contributed by atoms with van der Waals surface area (Å²) in [4.78, 5) is 0. The first kappa shape index (κ1) is 28.0. The minimum Gasteiger partial charge on any atom is -0.411 e. The third-order valence-electron chi connectivity index (χ3n) is 7.33. The summed E-state index contributed by atoms with van der Waals surface area (Å²) in [5.41, 5.74) is 0. The van der Waals surface area contributed by atoms with Crippen LogP contribution >= 0.6 is 0 Å². The molecule has 1 saturated heterocycles. The van der Waals surface area contributed by atoms with Gasteiger partial charge in [0, 0.05) is 13.0 Å². The van der Waals surface area contributed by atoms with E-state index in [0.29, 0.717) is 6.42 Å². The topological polar surface area (TPSA) is 57.2 Å². The summed E-state index contributed by atoms with van der Waals surface area (Å²) in [5.74, 6) is 0.125. The van der Waals surface area contributed by atoms with Gasteiger partial charge in [-0.15, -0.1) is 0 Å². The molecule has 7 heteroatoms. The van der Waals surface area contributed by atoms with Gasteiger partial charge in [-0.05, 0) is 42.7 Å². The number of methoxy groups -OCH3 is 1. The molecule has 1 fully saturated rings. The van der Waals surface area contributed by atoms with Gasteiger partial charge in [-0.3, -0.25) is 0 Å². The van der Waals surface area contributed by atoms with E-state index in [4.69, 9.17) is 23.4 Å². The third kappa shape index (κ3) is 6.73. The first-order chi connectivity index (χ1) is 13.5. The van der Waals surface area contributed by atoms with Crippen molar-refractivity contribution in [1.82, 2.24) is 0 Å². The maximum atomic E-state index is 9.16. The second kappa shape index (κ2) is 10.3. The van der Waals surface area contributed by atoms with Gasteiger partial charge in [-0.1, -0.05) is 60.6 Å². The van der Waals surface area contributed by atoms with Crippen molar-refractivity contribution in [2.45, 2.75) is 116 Å². The molecule has 30 heavy (non-hydrogen) atoms. The molecule has 0 aliphatic carbocycles. The van der Waals surface area contributed by atoms with E-state index in [2.05, 4.69) is 74.7 Å². The van der Waals surface area contributed by atoms with Gasteiger partial charge in [-0.2, -0.15) is 0 Å². The largest absolute Gasteiger partial charge is 0.411 e. The summed E-state index contributed by atoms with van der Waals surface area (Å²) in [6.07, 6.45) is 3.58. The van der Waals surface area contributed by atoms with Crippen molar-refractivity contribution in [3.05, 3.63) is 12.2 Å². The molecule has 0 unspecified atom stereocenters. The Kier molecular flexibility index (Phi) is 9.59. The standard InChI is InChI=1S/C23H48O5Si2/c1-17-19(27-29(9,10)22(2,3)4)18(15-13-14-16-24)26-21(25-8)20(17)28-30(11,12)23(5,6)7/h13-14,17-21,24H,15-16H2,1-12H3/b14-13+/t17-,18-,19-,20+,21+/m0/s1. The Balaban J connectivity index is 3.27. The Bertz CT molecular complexity index is 563. The predicted octanol–water partition coefficient (Wildman–Crippen LogP) is 5.71. The average molecular weight is 461 g/mol. The van der Waals surface area contributed by atoms with Gasteiger partial charge in [0.2, 0.25) is 0 Å². The van der Waals surface area contributed by atoms with Crippen molar-refractivity contribution < 1.29 is 23.4 Å². The Morgan fingerprint density at radius 3 is 1.73 bits per heavy atom. The highest BCUT2D eigenvalue weighted by Gasteiger charge is 2.51. The first-order valence-electron chi connectivity index (χ1n) is 11.3. The van der Waals surface area contributed by atoms with Gasteiger partial charge in [0.15, 0.2) is 22.9 Å². The second-order valence-electron chi connectivity index (χ2n) is 11.7. The van der Waals surface area contributed by atoms with E-state index < -0.39 is 22.9 Å². The molecule has 1 N–H and O–H groups in total. The molecule has 1 heterocycles. The molecule has 0 bridgehead atoms. The van der Waals surface area contributed by atoms with Gasteiger partial charge < -0.3 is 23.4 Å². The van der Waals surface area contributed by atoms with Crippen LogP contribution in [-0.2, 0) is 18.3 Å². The summed E-state index contributed by atoms with van der Waals surface area (Å²) < 4.78 is 26.0. The van der Waals surface area contributed by atoms with Crippen LogP contribution in [0, 0.1) is 5.92 Å². The van der Waals surface area contributed by atoms with Gasteiger partial charge >= 0.3 is 0 Å². The fraction of sp³-hybridized carbons (Fsp3) is 0.913. The molecule has 0 amide bonds. The van der Waals surface area contributed by atoms with Crippen molar-refractivity contribution >= 4 is 16.6 Å². The van der Waals surface area contributed by atoms with E-state index in [1.807, 2.05) is 6.08 Å². The van der Waals surface area contributed by atoms with E-state index >= 15 is 0 Å². The zero-order valence-electron chi connectivity index (χ0n) is 21.5. The van der Waals surface area contributed by atoms with Crippen LogP contribution in [-0.4, -0.2) is 60.1 Å². The SMILES string of the molecule is CO[C@@H]1O[C@@H](C/C=C/CO)[C@@H](O[Si](C)(C)C(C)(C)C)[C@H](C)[C@H]1O[Si](C)(C)C(C)(C)C. The second-order valence-corrected chi connectivity index (χ2v) is 21.2. The van der Waals surface area contributed by atoms with Crippen molar-refractivity contribution in [3.8, 4) is 0 Å². The van der Waals surface area contributed by atoms with Crippen molar-refractivity contribution in [2.75, 3.05) is 13.7 Å². The van der Waals surface area contributed by atoms with Crippen LogP contribution in [0.2, 0.25) is 36.3 Å². The maximum absolute atomic E-state index is 9.16. The lowest BCUT2D eigenvalue weighted by Gasteiger charge is -2.51. The number of hydrogen-bond acceptors (Lipinski definition) is 5. The smallest absolute Gasteiger partial charge is 0.192 e. The Hall–Kier alpha value is -0.0262. The van der Waals surface area contributed by atoms with Crippen LogP contribution in [0.25, 0.3) is 0 Å². The summed E-state index contributed by atoms with van der Waals surface area (Å²) >= 11 is 0. The lowest BCUT2D eigenvalue weighted by Crippen LogP contribution is -2.61. The number of ether oxygens (including phenoxy) is 2. The van der Waals surface area contributed by atoms with Crippen LogP contribution in [0.3, 0.4) is 0 Å². The highest BCUT2D eigenvalue weighted by Crippen LogP contribution is 2.44. The molecule has 0 spiro atoms. The lowest BCUT2D eigenvalue weighted by molar-refractivity contribution is -0.267. The summed E-state index contributed by atoms with van der Waals surface area (Å²) in [6, 6.07) is 0. The molecule has 0 aromatic heterocycles. The zero-order valence-corrected chi connectivity index (χ0v) is 23.5. The lowest BCUT2D eigenvalue weighted by atomic mass is 9.89. The maximum Gasteiger partial charge on any atom is 0.192 e. The van der Waals surface area contributed by atoms with E-state index in [0.717, 1.165) is 0 Å². The normalized spacial score (nSPS) is 29.6. The monoisotopic (exact) mass is 460 g/mol. The Labute approximate surface area is 187 Å². The van der Waals surface area contributed by atoms with Crippen molar-refractivity contribution in [1.29, 1.82) is 0 Å². The average Bonchev–Trinajstić information content (AvgIpc) is 2.58. The summed E-state index contributed by atoms with van der Waals surface area (Å²) in [6.45, 7) is 24.9. The molecular weight excluding hydrogens is 412 g/mol. The fourth-order valence-electron chi connectivity index (χ4n) is 3.16.